The van der Waals surface area contributed by atoms with Gasteiger partial charge in [-0.05, 0) is 30.3 Å². The smallest absolute Gasteiger partial charge is 0.272 e. The van der Waals surface area contributed by atoms with Gasteiger partial charge in [0.05, 0.1) is 26.3 Å². The molecule has 3 rings (SSSR count). The summed E-state index contributed by atoms with van der Waals surface area (Å²) in [4.78, 5) is 19.0. The Morgan fingerprint density at radius 1 is 1.07 bits per heavy atom. The maximum atomic E-state index is 13.0. The maximum Gasteiger partial charge on any atom is 0.272 e. The zero-order chi connectivity index (χ0) is 19.2. The minimum absolute atomic E-state index is 0.147. The molecule has 2 aromatic carbocycles. The summed E-state index contributed by atoms with van der Waals surface area (Å²) in [6.45, 7) is 0.313. The monoisotopic (exact) mass is 366 g/mol. The summed E-state index contributed by atoms with van der Waals surface area (Å²) in [6, 6.07) is 16.6. The third-order valence-corrected chi connectivity index (χ3v) is 4.32. The molecule has 0 spiro atoms. The Morgan fingerprint density at radius 2 is 1.89 bits per heavy atom. The van der Waals surface area contributed by atoms with Crippen molar-refractivity contribution in [3.05, 3.63) is 65.9 Å². The summed E-state index contributed by atoms with van der Waals surface area (Å²) >= 11 is 0. The van der Waals surface area contributed by atoms with Gasteiger partial charge < -0.3 is 19.5 Å². The number of nitrogens with zero attached hydrogens (tertiary/aromatic N) is 2. The molecule has 0 aliphatic rings. The summed E-state index contributed by atoms with van der Waals surface area (Å²) in [7, 11) is 3.16. The van der Waals surface area contributed by atoms with Gasteiger partial charge >= 0.3 is 0 Å². The number of benzene rings is 2. The Morgan fingerprint density at radius 3 is 2.63 bits per heavy atom. The molecule has 1 heterocycles. The lowest BCUT2D eigenvalue weighted by Crippen LogP contribution is -2.33. The molecule has 1 N–H and O–H groups in total. The molecule has 27 heavy (non-hydrogen) atoms. The lowest BCUT2D eigenvalue weighted by molar-refractivity contribution is 0.0701. The Hall–Kier alpha value is -3.12. The van der Waals surface area contributed by atoms with Crippen molar-refractivity contribution in [3.63, 3.8) is 0 Å². The summed E-state index contributed by atoms with van der Waals surface area (Å²) < 4.78 is 10.7. The Labute approximate surface area is 158 Å². The number of aliphatic hydroxyl groups is 1. The number of amides is 1. The van der Waals surface area contributed by atoms with Gasteiger partial charge in [0.25, 0.3) is 5.91 Å². The van der Waals surface area contributed by atoms with Crippen molar-refractivity contribution in [2.45, 2.75) is 6.54 Å². The van der Waals surface area contributed by atoms with Crippen LogP contribution in [0, 0.1) is 0 Å². The number of para-hydroxylation sites is 1. The first kappa shape index (κ1) is 18.7. The van der Waals surface area contributed by atoms with E-state index in [-0.39, 0.29) is 25.6 Å². The van der Waals surface area contributed by atoms with Crippen LogP contribution in [0.4, 0.5) is 0 Å². The Kier molecular flexibility index (Phi) is 5.88. The minimum atomic E-state index is -0.250. The number of rotatable bonds is 7. The normalized spacial score (nSPS) is 10.6. The van der Waals surface area contributed by atoms with Gasteiger partial charge in [0, 0.05) is 24.0 Å². The quantitative estimate of drug-likeness (QED) is 0.696. The van der Waals surface area contributed by atoms with Crippen molar-refractivity contribution in [1.29, 1.82) is 0 Å². The van der Waals surface area contributed by atoms with Crippen LogP contribution in [-0.4, -0.2) is 48.3 Å². The number of fused-ring (bicyclic) bond motifs is 1. The molecule has 3 aromatic rings. The van der Waals surface area contributed by atoms with Gasteiger partial charge in [-0.2, -0.15) is 0 Å². The first-order chi connectivity index (χ1) is 13.2. The molecule has 0 atom stereocenters. The van der Waals surface area contributed by atoms with Crippen LogP contribution in [0.2, 0.25) is 0 Å². The third kappa shape index (κ3) is 4.17. The second-order valence-electron chi connectivity index (χ2n) is 6.02. The molecule has 0 radical (unpaired) electrons. The van der Waals surface area contributed by atoms with E-state index < -0.39 is 0 Å². The molecule has 0 aliphatic carbocycles. The van der Waals surface area contributed by atoms with Crippen molar-refractivity contribution in [3.8, 4) is 11.5 Å². The summed E-state index contributed by atoms with van der Waals surface area (Å²) in [5.74, 6) is 1.07. The highest BCUT2D eigenvalue weighted by atomic mass is 16.5. The van der Waals surface area contributed by atoms with E-state index in [4.69, 9.17) is 9.47 Å². The van der Waals surface area contributed by atoms with Crippen LogP contribution >= 0.6 is 0 Å². The van der Waals surface area contributed by atoms with E-state index in [1.54, 1.807) is 37.3 Å². The van der Waals surface area contributed by atoms with Gasteiger partial charge in [-0.3, -0.25) is 4.79 Å². The lowest BCUT2D eigenvalue weighted by atomic mass is 10.1. The Bertz CT molecular complexity index is 942. The molecule has 1 amide bonds. The fraction of sp³-hybridized carbons (Fsp3) is 0.238. The van der Waals surface area contributed by atoms with Crippen molar-refractivity contribution in [2.24, 2.45) is 0 Å². The molecule has 0 aliphatic heterocycles. The number of hydrogen-bond donors (Lipinski definition) is 1. The van der Waals surface area contributed by atoms with E-state index >= 15 is 0 Å². The van der Waals surface area contributed by atoms with E-state index in [9.17, 15) is 9.90 Å². The number of aromatic nitrogens is 1. The predicted molar refractivity (Wildman–Crippen MR) is 103 cm³/mol. The molecular weight excluding hydrogens is 344 g/mol. The van der Waals surface area contributed by atoms with Gasteiger partial charge in [0.2, 0.25) is 0 Å². The van der Waals surface area contributed by atoms with Crippen LogP contribution in [0.25, 0.3) is 10.9 Å². The van der Waals surface area contributed by atoms with Gasteiger partial charge in [-0.25, -0.2) is 4.98 Å². The van der Waals surface area contributed by atoms with Crippen molar-refractivity contribution in [2.75, 3.05) is 27.4 Å². The molecule has 0 saturated carbocycles. The average Bonchev–Trinajstić information content (AvgIpc) is 2.72. The molecular formula is C21H22N2O4. The summed E-state index contributed by atoms with van der Waals surface area (Å²) in [5.41, 5.74) is 1.88. The van der Waals surface area contributed by atoms with E-state index in [0.717, 1.165) is 16.5 Å². The first-order valence-electron chi connectivity index (χ1n) is 8.63. The van der Waals surface area contributed by atoms with Crippen LogP contribution in [0.1, 0.15) is 16.1 Å². The minimum Gasteiger partial charge on any atom is -0.497 e. The molecule has 0 bridgehead atoms. The average molecular weight is 366 g/mol. The zero-order valence-electron chi connectivity index (χ0n) is 15.4. The van der Waals surface area contributed by atoms with E-state index in [2.05, 4.69) is 4.98 Å². The van der Waals surface area contributed by atoms with Crippen molar-refractivity contribution < 1.29 is 19.4 Å². The standard InChI is InChI=1S/C21H22N2O4/c1-26-17-8-10-20(27-2)16(13-17)14-23(11-12-24)21(25)19-9-7-15-5-3-4-6-18(15)22-19/h3-10,13,24H,11-12,14H2,1-2H3. The fourth-order valence-electron chi connectivity index (χ4n) is 2.93. The topological polar surface area (TPSA) is 71.9 Å². The lowest BCUT2D eigenvalue weighted by Gasteiger charge is -2.23. The van der Waals surface area contributed by atoms with Crippen molar-refractivity contribution >= 4 is 16.8 Å². The van der Waals surface area contributed by atoms with Gasteiger partial charge in [-0.1, -0.05) is 24.3 Å². The summed E-state index contributed by atoms with van der Waals surface area (Å²) in [6.07, 6.45) is 0. The number of carbonyl (C=O) groups excluding carboxylic acids is 1. The number of ether oxygens (including phenoxy) is 2. The van der Waals surface area contributed by atoms with Crippen LogP contribution in [0.3, 0.4) is 0 Å². The first-order valence-corrected chi connectivity index (χ1v) is 8.63. The number of carbonyl (C=O) groups is 1. The molecule has 6 nitrogen and oxygen atoms in total. The molecule has 0 saturated heterocycles. The molecule has 140 valence electrons. The number of hydrogen-bond acceptors (Lipinski definition) is 5. The maximum absolute atomic E-state index is 13.0. The van der Waals surface area contributed by atoms with Crippen LogP contribution in [0.5, 0.6) is 11.5 Å². The van der Waals surface area contributed by atoms with Crippen LogP contribution in [0.15, 0.2) is 54.6 Å². The zero-order valence-corrected chi connectivity index (χ0v) is 15.4. The third-order valence-electron chi connectivity index (χ3n) is 4.32. The van der Waals surface area contributed by atoms with Gasteiger partial charge in [-0.15, -0.1) is 0 Å². The highest BCUT2D eigenvalue weighted by Crippen LogP contribution is 2.26. The number of methoxy groups -OCH3 is 2. The molecule has 0 unspecified atom stereocenters. The second-order valence-corrected chi connectivity index (χ2v) is 6.02. The van der Waals surface area contributed by atoms with Gasteiger partial charge in [0.15, 0.2) is 0 Å². The number of pyridine rings is 1. The van der Waals surface area contributed by atoms with Crippen LogP contribution in [-0.2, 0) is 6.54 Å². The van der Waals surface area contributed by atoms with E-state index in [1.165, 1.54) is 0 Å². The molecule has 0 fully saturated rings. The number of aliphatic hydroxyl groups excluding tert-OH is 1. The molecule has 6 heteroatoms. The molecule has 1 aromatic heterocycles. The summed E-state index contributed by atoms with van der Waals surface area (Å²) in [5, 5.41) is 10.4. The van der Waals surface area contributed by atoms with Crippen LogP contribution < -0.4 is 9.47 Å². The fourth-order valence-corrected chi connectivity index (χ4v) is 2.93. The Balaban J connectivity index is 1.91. The predicted octanol–water partition coefficient (Wildman–Crippen LogP) is 2.89. The highest BCUT2D eigenvalue weighted by molar-refractivity contribution is 5.95. The second kappa shape index (κ2) is 8.51. The van der Waals surface area contributed by atoms with E-state index in [0.29, 0.717) is 17.2 Å². The highest BCUT2D eigenvalue weighted by Gasteiger charge is 2.19. The SMILES string of the molecule is COc1ccc(OC)c(CN(CCO)C(=O)c2ccc3ccccc3n2)c1. The van der Waals surface area contributed by atoms with Gasteiger partial charge in [0.1, 0.15) is 17.2 Å². The van der Waals surface area contributed by atoms with Crippen molar-refractivity contribution in [1.82, 2.24) is 9.88 Å². The largest absolute Gasteiger partial charge is 0.497 e. The van der Waals surface area contributed by atoms with E-state index in [1.807, 2.05) is 36.4 Å².